The third kappa shape index (κ3) is 4.13. The predicted octanol–water partition coefficient (Wildman–Crippen LogP) is 3.80. The number of hydrogen-bond acceptors (Lipinski definition) is 3. The van der Waals surface area contributed by atoms with E-state index in [2.05, 4.69) is 10.3 Å². The largest absolute Gasteiger partial charge is 0.480 e. The highest BCUT2D eigenvalue weighted by atomic mass is 35.5. The van der Waals surface area contributed by atoms with Crippen LogP contribution in [0.25, 0.3) is 10.9 Å². The third-order valence-electron chi connectivity index (χ3n) is 4.06. The second-order valence-corrected chi connectivity index (χ2v) is 6.26. The number of para-hydroxylation sites is 1. The lowest BCUT2D eigenvalue weighted by molar-refractivity contribution is -0.139. The average Bonchev–Trinajstić information content (AvgIpc) is 3.04. The summed E-state index contributed by atoms with van der Waals surface area (Å²) in [5, 5.41) is 13.8. The summed E-state index contributed by atoms with van der Waals surface area (Å²) in [7, 11) is 0. The van der Waals surface area contributed by atoms with Crippen LogP contribution in [-0.4, -0.2) is 27.9 Å². The molecule has 0 unspecified atom stereocenters. The molecule has 0 saturated heterocycles. The van der Waals surface area contributed by atoms with Crippen LogP contribution in [0.2, 0.25) is 5.02 Å². The van der Waals surface area contributed by atoms with Crippen LogP contribution in [0.15, 0.2) is 67.0 Å². The van der Waals surface area contributed by atoms with Crippen LogP contribution in [0.1, 0.15) is 15.9 Å². The number of carbonyl (C=O) groups excluding carboxylic acids is 1. The van der Waals surface area contributed by atoms with Gasteiger partial charge in [-0.15, -0.1) is 0 Å². The van der Waals surface area contributed by atoms with Gasteiger partial charge in [0.1, 0.15) is 6.04 Å². The molecule has 1 heterocycles. The monoisotopic (exact) mass is 368 g/mol. The van der Waals surface area contributed by atoms with Crippen molar-refractivity contribution >= 4 is 34.3 Å². The van der Waals surface area contributed by atoms with E-state index in [4.69, 9.17) is 11.6 Å². The number of rotatable bonds is 7. The molecular formula is C20H17ClN2O3. The number of aromatic nitrogens is 1. The minimum absolute atomic E-state index is 0.231. The Hall–Kier alpha value is -3.05. The molecule has 0 aliphatic carbocycles. The van der Waals surface area contributed by atoms with Gasteiger partial charge < -0.3 is 15.4 Å². The second kappa shape index (κ2) is 7.89. The standard InChI is InChI=1S/C20H17ClN2O3/c21-15-7-5-13(6-8-15)19(24)9-10-22-18(20(25)26)11-14-12-23-17-4-2-1-3-16(14)17/h1-10,12,18,22-23H,11H2,(H,25,26)/b10-9+/t18-/m0/s1. The maximum Gasteiger partial charge on any atom is 0.326 e. The van der Waals surface area contributed by atoms with Crippen LogP contribution in [0.3, 0.4) is 0 Å². The molecule has 1 aromatic heterocycles. The van der Waals surface area contributed by atoms with Gasteiger partial charge in [0, 0.05) is 46.4 Å². The minimum atomic E-state index is -0.987. The van der Waals surface area contributed by atoms with E-state index in [1.54, 1.807) is 24.3 Å². The number of halogens is 1. The zero-order valence-electron chi connectivity index (χ0n) is 13.8. The lowest BCUT2D eigenvalue weighted by Gasteiger charge is -2.12. The predicted molar refractivity (Wildman–Crippen MR) is 101 cm³/mol. The number of nitrogens with one attached hydrogen (secondary N) is 2. The first-order chi connectivity index (χ1) is 12.5. The Kier molecular flexibility index (Phi) is 5.39. The molecule has 1 atom stereocenters. The molecule has 0 saturated carbocycles. The Morgan fingerprint density at radius 1 is 1.15 bits per heavy atom. The van der Waals surface area contributed by atoms with Crippen molar-refractivity contribution in [2.75, 3.05) is 0 Å². The molecule has 0 amide bonds. The summed E-state index contributed by atoms with van der Waals surface area (Å²) in [6.07, 6.45) is 4.79. The Bertz CT molecular complexity index is 961. The average molecular weight is 369 g/mol. The van der Waals surface area contributed by atoms with Gasteiger partial charge in [0.25, 0.3) is 0 Å². The highest BCUT2D eigenvalue weighted by Gasteiger charge is 2.18. The molecule has 3 aromatic rings. The molecule has 132 valence electrons. The Balaban J connectivity index is 1.68. The lowest BCUT2D eigenvalue weighted by Crippen LogP contribution is -2.35. The second-order valence-electron chi connectivity index (χ2n) is 5.83. The zero-order chi connectivity index (χ0) is 18.5. The molecule has 6 heteroatoms. The molecule has 0 spiro atoms. The molecule has 0 fully saturated rings. The van der Waals surface area contributed by atoms with Gasteiger partial charge in [-0.25, -0.2) is 4.79 Å². The van der Waals surface area contributed by atoms with Crippen LogP contribution in [0.5, 0.6) is 0 Å². The van der Waals surface area contributed by atoms with Gasteiger partial charge in [-0.1, -0.05) is 29.8 Å². The number of allylic oxidation sites excluding steroid dienone is 1. The van der Waals surface area contributed by atoms with Crippen LogP contribution in [0.4, 0.5) is 0 Å². The van der Waals surface area contributed by atoms with Gasteiger partial charge in [0.2, 0.25) is 0 Å². The fourth-order valence-corrected chi connectivity index (χ4v) is 2.81. The number of ketones is 1. The molecule has 0 aliphatic heterocycles. The molecule has 0 bridgehead atoms. The Morgan fingerprint density at radius 3 is 2.62 bits per heavy atom. The third-order valence-corrected chi connectivity index (χ3v) is 4.31. The molecule has 0 aliphatic rings. The molecule has 5 nitrogen and oxygen atoms in total. The number of carboxylic acid groups (broad SMARTS) is 1. The van der Waals surface area contributed by atoms with Gasteiger partial charge in [-0.05, 0) is 35.9 Å². The Labute approximate surface area is 155 Å². The highest BCUT2D eigenvalue weighted by molar-refractivity contribution is 6.30. The molecule has 3 rings (SSSR count). The number of carboxylic acids is 1. The number of hydrogen-bond donors (Lipinski definition) is 3. The summed E-state index contributed by atoms with van der Waals surface area (Å²) in [4.78, 5) is 26.7. The zero-order valence-corrected chi connectivity index (χ0v) is 14.5. The van der Waals surface area contributed by atoms with E-state index < -0.39 is 12.0 Å². The molecule has 2 aromatic carbocycles. The van der Waals surface area contributed by atoms with E-state index in [1.807, 2.05) is 30.5 Å². The Morgan fingerprint density at radius 2 is 1.88 bits per heavy atom. The van der Waals surface area contributed by atoms with E-state index in [1.165, 1.54) is 12.3 Å². The van der Waals surface area contributed by atoms with Gasteiger partial charge in [-0.2, -0.15) is 0 Å². The number of aromatic amines is 1. The van der Waals surface area contributed by atoms with Crippen molar-refractivity contribution < 1.29 is 14.7 Å². The van der Waals surface area contributed by atoms with Gasteiger partial charge >= 0.3 is 5.97 Å². The number of aliphatic carboxylic acids is 1. The van der Waals surface area contributed by atoms with Crippen molar-refractivity contribution in [2.24, 2.45) is 0 Å². The quantitative estimate of drug-likeness (QED) is 0.437. The summed E-state index contributed by atoms with van der Waals surface area (Å²) >= 11 is 5.80. The molecule has 0 radical (unpaired) electrons. The maximum atomic E-state index is 12.1. The smallest absolute Gasteiger partial charge is 0.326 e. The number of fused-ring (bicyclic) bond motifs is 1. The molecular weight excluding hydrogens is 352 g/mol. The molecule has 26 heavy (non-hydrogen) atoms. The fourth-order valence-electron chi connectivity index (χ4n) is 2.69. The summed E-state index contributed by atoms with van der Waals surface area (Å²) in [5.74, 6) is -1.22. The van der Waals surface area contributed by atoms with Crippen molar-refractivity contribution in [2.45, 2.75) is 12.5 Å². The highest BCUT2D eigenvalue weighted by Crippen LogP contribution is 2.19. The number of H-pyrrole nitrogens is 1. The van der Waals surface area contributed by atoms with Gasteiger partial charge in [0.05, 0.1) is 0 Å². The maximum absolute atomic E-state index is 12.1. The first kappa shape index (κ1) is 17.8. The fraction of sp³-hybridized carbons (Fsp3) is 0.100. The van der Waals surface area contributed by atoms with Crippen LogP contribution < -0.4 is 5.32 Å². The summed E-state index contributed by atoms with van der Waals surface area (Å²) in [6, 6.07) is 13.4. The van der Waals surface area contributed by atoms with Crippen molar-refractivity contribution in [3.05, 3.63) is 83.2 Å². The first-order valence-electron chi connectivity index (χ1n) is 8.05. The minimum Gasteiger partial charge on any atom is -0.480 e. The van der Waals surface area contributed by atoms with Crippen LogP contribution in [-0.2, 0) is 11.2 Å². The summed E-state index contributed by atoms with van der Waals surface area (Å²) < 4.78 is 0. The van der Waals surface area contributed by atoms with E-state index in [-0.39, 0.29) is 5.78 Å². The summed E-state index contributed by atoms with van der Waals surface area (Å²) in [6.45, 7) is 0. The van der Waals surface area contributed by atoms with E-state index in [0.717, 1.165) is 16.5 Å². The molecule has 3 N–H and O–H groups in total. The normalized spacial score (nSPS) is 12.3. The lowest BCUT2D eigenvalue weighted by atomic mass is 10.1. The van der Waals surface area contributed by atoms with Crippen molar-refractivity contribution in [3.63, 3.8) is 0 Å². The van der Waals surface area contributed by atoms with Crippen LogP contribution >= 0.6 is 11.6 Å². The van der Waals surface area contributed by atoms with E-state index >= 15 is 0 Å². The van der Waals surface area contributed by atoms with E-state index in [9.17, 15) is 14.7 Å². The van der Waals surface area contributed by atoms with Gasteiger partial charge in [0.15, 0.2) is 5.78 Å². The number of carbonyl (C=O) groups is 2. The van der Waals surface area contributed by atoms with Crippen molar-refractivity contribution in [3.8, 4) is 0 Å². The van der Waals surface area contributed by atoms with Crippen molar-refractivity contribution in [1.29, 1.82) is 0 Å². The van der Waals surface area contributed by atoms with E-state index in [0.29, 0.717) is 17.0 Å². The number of benzene rings is 2. The summed E-state index contributed by atoms with van der Waals surface area (Å²) in [5.41, 5.74) is 2.34. The van der Waals surface area contributed by atoms with Crippen LogP contribution in [0, 0.1) is 0 Å². The van der Waals surface area contributed by atoms with Gasteiger partial charge in [-0.3, -0.25) is 4.79 Å². The van der Waals surface area contributed by atoms with Crippen molar-refractivity contribution in [1.82, 2.24) is 10.3 Å². The first-order valence-corrected chi connectivity index (χ1v) is 8.42. The SMILES string of the molecule is O=C(/C=C/N[C@@H](Cc1c[nH]c2ccccc12)C(=O)O)c1ccc(Cl)cc1. The topological polar surface area (TPSA) is 82.2 Å².